The van der Waals surface area contributed by atoms with Gasteiger partial charge in [0.25, 0.3) is 0 Å². The van der Waals surface area contributed by atoms with E-state index >= 15 is 0 Å². The highest BCUT2D eigenvalue weighted by atomic mass is 14.7. The lowest BCUT2D eigenvalue weighted by atomic mass is 10.3. The Morgan fingerprint density at radius 3 is 1.57 bits per heavy atom. The van der Waals surface area contributed by atoms with Gasteiger partial charge in [0.15, 0.2) is 0 Å². The molecule has 0 N–H and O–H groups in total. The molecule has 0 bridgehead atoms. The molecule has 0 radical (unpaired) electrons. The minimum absolute atomic E-state index is 0.917. The van der Waals surface area contributed by atoms with Crippen LogP contribution < -0.4 is 0 Å². The van der Waals surface area contributed by atoms with E-state index in [0.29, 0.717) is 0 Å². The summed E-state index contributed by atoms with van der Waals surface area (Å²) >= 11 is 0. The summed E-state index contributed by atoms with van der Waals surface area (Å²) < 4.78 is 0. The van der Waals surface area contributed by atoms with Gasteiger partial charge in [-0.25, -0.2) is 0 Å². The first-order valence-corrected chi connectivity index (χ1v) is 3.27. The molecule has 0 saturated heterocycles. The maximum Gasteiger partial charge on any atom is -0.0240 e. The Morgan fingerprint density at radius 2 is 1.57 bits per heavy atom. The maximum atomic E-state index is 2.39. The van der Waals surface area contributed by atoms with Crippen molar-refractivity contribution < 1.29 is 0 Å². The molecule has 0 aromatic rings. The lowest BCUT2D eigenvalue weighted by molar-refractivity contribution is 0.756. The van der Waals surface area contributed by atoms with Crippen LogP contribution in [0.25, 0.3) is 0 Å². The average molecular weight is 96.2 g/mol. The second-order valence-electron chi connectivity index (χ2n) is 3.31. The molecule has 0 aromatic carbocycles. The fraction of sp³-hybridized carbons (Fsp3) is 1.00. The second kappa shape index (κ2) is 0.765. The molecule has 1 spiro atoms. The van der Waals surface area contributed by atoms with Crippen LogP contribution in [0, 0.1) is 17.3 Å². The Kier molecular flexibility index (Phi) is 0.430. The van der Waals surface area contributed by atoms with Gasteiger partial charge in [-0.15, -0.1) is 0 Å². The van der Waals surface area contributed by atoms with Crippen LogP contribution >= 0.6 is 0 Å². The van der Waals surface area contributed by atoms with Crippen LogP contribution in [0.2, 0.25) is 0 Å². The van der Waals surface area contributed by atoms with Crippen molar-refractivity contribution in [3.8, 4) is 0 Å². The molecule has 0 heterocycles. The van der Waals surface area contributed by atoms with E-state index in [9.17, 15) is 0 Å². The van der Waals surface area contributed by atoms with Gasteiger partial charge in [-0.05, 0) is 30.1 Å². The van der Waals surface area contributed by atoms with E-state index in [-0.39, 0.29) is 0 Å². The topological polar surface area (TPSA) is 0 Å². The Morgan fingerprint density at radius 1 is 1.14 bits per heavy atom. The molecule has 2 aliphatic rings. The van der Waals surface area contributed by atoms with Gasteiger partial charge in [0.2, 0.25) is 0 Å². The van der Waals surface area contributed by atoms with E-state index in [1.165, 1.54) is 12.8 Å². The first-order valence-electron chi connectivity index (χ1n) is 3.27. The van der Waals surface area contributed by atoms with E-state index in [2.05, 4.69) is 13.8 Å². The molecule has 2 rings (SSSR count). The van der Waals surface area contributed by atoms with Crippen LogP contribution in [0.5, 0.6) is 0 Å². The molecule has 2 fully saturated rings. The fourth-order valence-electron chi connectivity index (χ4n) is 2.00. The molecular weight excluding hydrogens is 84.1 g/mol. The molecule has 2 atom stereocenters. The van der Waals surface area contributed by atoms with Crippen molar-refractivity contribution in [1.29, 1.82) is 0 Å². The van der Waals surface area contributed by atoms with E-state index in [1.54, 1.807) is 0 Å². The Labute approximate surface area is 44.9 Å². The normalized spacial score (nSPS) is 52.3. The molecule has 2 aliphatic carbocycles. The van der Waals surface area contributed by atoms with Crippen molar-refractivity contribution in [1.82, 2.24) is 0 Å². The van der Waals surface area contributed by atoms with Crippen LogP contribution in [-0.2, 0) is 0 Å². The summed E-state index contributed by atoms with van der Waals surface area (Å²) in [7, 11) is 0. The van der Waals surface area contributed by atoms with E-state index in [0.717, 1.165) is 17.3 Å². The molecule has 0 nitrogen and oxygen atoms in total. The van der Waals surface area contributed by atoms with Gasteiger partial charge in [0, 0.05) is 0 Å². The predicted molar refractivity (Wildman–Crippen MR) is 30.0 cm³/mol. The molecule has 2 unspecified atom stereocenters. The lowest BCUT2D eigenvalue weighted by Gasteiger charge is -1.73. The van der Waals surface area contributed by atoms with E-state index < -0.39 is 0 Å². The molecule has 0 aliphatic heterocycles. The Hall–Kier alpha value is 0. The van der Waals surface area contributed by atoms with E-state index in [1.807, 2.05) is 0 Å². The minimum atomic E-state index is 0.917. The largest absolute Gasteiger partial charge is 0.0617 e. The van der Waals surface area contributed by atoms with Gasteiger partial charge in [-0.1, -0.05) is 13.8 Å². The van der Waals surface area contributed by atoms with Gasteiger partial charge < -0.3 is 0 Å². The van der Waals surface area contributed by atoms with Gasteiger partial charge in [-0.3, -0.25) is 0 Å². The number of hydrogen-bond donors (Lipinski definition) is 0. The van der Waals surface area contributed by atoms with Crippen LogP contribution in [-0.4, -0.2) is 0 Å². The SMILES string of the molecule is CC1C(C)C12CC2. The predicted octanol–water partition coefficient (Wildman–Crippen LogP) is 2.05. The second-order valence-corrected chi connectivity index (χ2v) is 3.31. The molecule has 2 saturated carbocycles. The van der Waals surface area contributed by atoms with Crippen LogP contribution in [0.4, 0.5) is 0 Å². The summed E-state index contributed by atoms with van der Waals surface area (Å²) in [6.07, 6.45) is 3.07. The van der Waals surface area contributed by atoms with Gasteiger partial charge >= 0.3 is 0 Å². The highest BCUT2D eigenvalue weighted by Crippen LogP contribution is 2.74. The minimum Gasteiger partial charge on any atom is -0.0617 e. The fourth-order valence-corrected chi connectivity index (χ4v) is 2.00. The molecule has 40 valence electrons. The Bertz CT molecular complexity index is 90.6. The summed E-state index contributed by atoms with van der Waals surface area (Å²) in [5.41, 5.74) is 0.917. The van der Waals surface area contributed by atoms with Crippen molar-refractivity contribution in [2.24, 2.45) is 17.3 Å². The van der Waals surface area contributed by atoms with Gasteiger partial charge in [0.05, 0.1) is 0 Å². The van der Waals surface area contributed by atoms with E-state index in [4.69, 9.17) is 0 Å². The zero-order valence-corrected chi connectivity index (χ0v) is 5.07. The lowest BCUT2D eigenvalue weighted by Crippen LogP contribution is -1.66. The molecular formula is C7H12. The summed E-state index contributed by atoms with van der Waals surface area (Å²) in [4.78, 5) is 0. The third kappa shape index (κ3) is 0.266. The van der Waals surface area contributed by atoms with Crippen LogP contribution in [0.3, 0.4) is 0 Å². The quantitative estimate of drug-likeness (QED) is 0.433. The summed E-state index contributed by atoms with van der Waals surface area (Å²) in [6, 6.07) is 0. The van der Waals surface area contributed by atoms with Crippen LogP contribution in [0.15, 0.2) is 0 Å². The number of rotatable bonds is 0. The van der Waals surface area contributed by atoms with Crippen molar-refractivity contribution in [2.75, 3.05) is 0 Å². The average Bonchev–Trinajstić information content (AvgIpc) is 2.47. The third-order valence-electron chi connectivity index (χ3n) is 3.28. The van der Waals surface area contributed by atoms with Gasteiger partial charge in [0.1, 0.15) is 0 Å². The smallest absolute Gasteiger partial charge is 0.0240 e. The van der Waals surface area contributed by atoms with Crippen molar-refractivity contribution >= 4 is 0 Å². The van der Waals surface area contributed by atoms with Crippen molar-refractivity contribution in [2.45, 2.75) is 26.7 Å². The monoisotopic (exact) mass is 96.1 g/mol. The van der Waals surface area contributed by atoms with Crippen LogP contribution in [0.1, 0.15) is 26.7 Å². The molecule has 0 amide bonds. The zero-order chi connectivity index (χ0) is 5.07. The number of hydrogen-bond acceptors (Lipinski definition) is 0. The van der Waals surface area contributed by atoms with Gasteiger partial charge in [-0.2, -0.15) is 0 Å². The summed E-state index contributed by atoms with van der Waals surface area (Å²) in [5, 5.41) is 0. The highest BCUT2D eigenvalue weighted by molar-refractivity contribution is 5.15. The maximum absolute atomic E-state index is 2.39. The molecule has 7 heavy (non-hydrogen) atoms. The standard InChI is InChI=1S/C7H12/c1-5-6(2)7(5)3-4-7/h5-6H,3-4H2,1-2H3. The first kappa shape index (κ1) is 3.94. The molecule has 0 heteroatoms. The molecule has 0 aromatic heterocycles. The zero-order valence-electron chi connectivity index (χ0n) is 5.07. The third-order valence-corrected chi connectivity index (χ3v) is 3.28. The van der Waals surface area contributed by atoms with Crippen molar-refractivity contribution in [3.63, 3.8) is 0 Å². The first-order chi connectivity index (χ1) is 3.27. The highest BCUT2D eigenvalue weighted by Gasteiger charge is 2.66. The van der Waals surface area contributed by atoms with Crippen molar-refractivity contribution in [3.05, 3.63) is 0 Å². The summed E-state index contributed by atoms with van der Waals surface area (Å²) in [6.45, 7) is 4.77. The summed E-state index contributed by atoms with van der Waals surface area (Å²) in [5.74, 6) is 2.15. The Balaban J connectivity index is 2.17.